The first kappa shape index (κ1) is 23.6. The molecule has 3 rings (SSSR count). The predicted molar refractivity (Wildman–Crippen MR) is 138 cm³/mol. The summed E-state index contributed by atoms with van der Waals surface area (Å²) < 4.78 is 0. The molecule has 1 aliphatic rings. The molecule has 4 nitrogen and oxygen atoms in total. The minimum atomic E-state index is 0.134. The van der Waals surface area contributed by atoms with Crippen molar-refractivity contribution < 1.29 is 0 Å². The first-order chi connectivity index (χ1) is 14.3. The molecule has 4 N–H and O–H groups in total. The van der Waals surface area contributed by atoms with E-state index in [4.69, 9.17) is 70.8 Å². The lowest BCUT2D eigenvalue weighted by molar-refractivity contribution is 0.340. The highest BCUT2D eigenvalue weighted by Gasteiger charge is 2.26. The van der Waals surface area contributed by atoms with Crippen LogP contribution in [0.15, 0.2) is 36.4 Å². The predicted octanol–water partition coefficient (Wildman–Crippen LogP) is 6.88. The summed E-state index contributed by atoms with van der Waals surface area (Å²) in [4.78, 5) is 0. The molecule has 0 unspecified atom stereocenters. The van der Waals surface area contributed by atoms with E-state index in [0.29, 0.717) is 30.3 Å². The number of thiocarbonyl (C=S) groups is 2. The van der Waals surface area contributed by atoms with Crippen LogP contribution in [0.25, 0.3) is 0 Å². The van der Waals surface area contributed by atoms with Crippen molar-refractivity contribution in [3.8, 4) is 0 Å². The molecule has 0 spiro atoms. The van der Waals surface area contributed by atoms with Crippen LogP contribution in [0.2, 0.25) is 20.1 Å². The van der Waals surface area contributed by atoms with Crippen molar-refractivity contribution in [3.05, 3.63) is 56.5 Å². The van der Waals surface area contributed by atoms with Gasteiger partial charge in [-0.1, -0.05) is 59.2 Å². The summed E-state index contributed by atoms with van der Waals surface area (Å²) >= 11 is 35.1. The molecule has 0 aromatic heterocycles. The number of halogens is 4. The quantitative estimate of drug-likeness (QED) is 0.329. The fourth-order valence-corrected chi connectivity index (χ4v) is 4.43. The van der Waals surface area contributed by atoms with Crippen molar-refractivity contribution in [3.63, 3.8) is 0 Å². The Bertz CT molecular complexity index is 866. The van der Waals surface area contributed by atoms with Crippen LogP contribution >= 0.6 is 70.8 Å². The Hall–Kier alpha value is -1.02. The van der Waals surface area contributed by atoms with Crippen LogP contribution in [-0.2, 0) is 0 Å². The maximum Gasteiger partial charge on any atom is 0.171 e. The fourth-order valence-electron chi connectivity index (χ4n) is 3.30. The number of nitrogens with one attached hydrogen (secondary N) is 4. The lowest BCUT2D eigenvalue weighted by Gasteiger charge is -2.34. The topological polar surface area (TPSA) is 48.1 Å². The molecule has 2 aromatic rings. The van der Waals surface area contributed by atoms with E-state index in [-0.39, 0.29) is 12.1 Å². The Morgan fingerprint density at radius 3 is 1.43 bits per heavy atom. The summed E-state index contributed by atoms with van der Waals surface area (Å²) in [6, 6.07) is 10.9. The number of benzene rings is 2. The maximum absolute atomic E-state index is 6.07. The zero-order valence-electron chi connectivity index (χ0n) is 15.8. The van der Waals surface area contributed by atoms with E-state index in [1.165, 1.54) is 0 Å². The Kier molecular flexibility index (Phi) is 8.69. The Morgan fingerprint density at radius 1 is 0.667 bits per heavy atom. The number of rotatable bonds is 4. The zero-order valence-corrected chi connectivity index (χ0v) is 20.4. The molecule has 0 heterocycles. The highest BCUT2D eigenvalue weighted by atomic mass is 35.5. The molecule has 2 aromatic carbocycles. The smallest absolute Gasteiger partial charge is 0.171 e. The lowest BCUT2D eigenvalue weighted by Crippen LogP contribution is -2.54. The molecule has 0 radical (unpaired) electrons. The first-order valence-corrected chi connectivity index (χ1v) is 11.7. The van der Waals surface area contributed by atoms with Crippen LogP contribution in [0.5, 0.6) is 0 Å². The molecule has 1 fully saturated rings. The summed E-state index contributed by atoms with van der Waals surface area (Å²) in [6.07, 6.45) is 4.21. The maximum atomic E-state index is 6.07. The second-order valence-electron chi connectivity index (χ2n) is 6.95. The molecular formula is C20H20Cl4N4S2. The van der Waals surface area contributed by atoms with Gasteiger partial charge in [-0.05, 0) is 73.7 Å². The van der Waals surface area contributed by atoms with E-state index in [2.05, 4.69) is 21.3 Å². The minimum Gasteiger partial charge on any atom is -0.358 e. The van der Waals surface area contributed by atoms with Gasteiger partial charge in [0.15, 0.2) is 10.2 Å². The van der Waals surface area contributed by atoms with Crippen molar-refractivity contribution in [2.45, 2.75) is 37.8 Å². The molecular weight excluding hydrogens is 502 g/mol. The van der Waals surface area contributed by atoms with Crippen LogP contribution in [0.4, 0.5) is 11.4 Å². The van der Waals surface area contributed by atoms with Crippen LogP contribution < -0.4 is 21.3 Å². The second kappa shape index (κ2) is 11.0. The molecule has 0 amide bonds. The third-order valence-electron chi connectivity index (χ3n) is 4.75. The van der Waals surface area contributed by atoms with Crippen molar-refractivity contribution >= 4 is 92.4 Å². The van der Waals surface area contributed by atoms with Gasteiger partial charge in [0.1, 0.15) is 0 Å². The summed E-state index contributed by atoms with van der Waals surface area (Å²) in [6.45, 7) is 0. The average Bonchev–Trinajstić information content (AvgIpc) is 2.69. The van der Waals surface area contributed by atoms with E-state index >= 15 is 0 Å². The third kappa shape index (κ3) is 6.74. The van der Waals surface area contributed by atoms with Gasteiger partial charge < -0.3 is 21.3 Å². The molecule has 160 valence electrons. The second-order valence-corrected chi connectivity index (χ2v) is 9.40. The van der Waals surface area contributed by atoms with Crippen molar-refractivity contribution in [2.24, 2.45) is 0 Å². The monoisotopic (exact) mass is 520 g/mol. The molecule has 1 aliphatic carbocycles. The van der Waals surface area contributed by atoms with Gasteiger partial charge in [-0.25, -0.2) is 0 Å². The zero-order chi connectivity index (χ0) is 21.7. The summed E-state index contributed by atoms with van der Waals surface area (Å²) in [5.41, 5.74) is 1.55. The van der Waals surface area contributed by atoms with Gasteiger partial charge in [0, 0.05) is 23.5 Å². The highest BCUT2D eigenvalue weighted by molar-refractivity contribution is 7.80. The van der Waals surface area contributed by atoms with E-state index in [0.717, 1.165) is 37.1 Å². The number of hydrogen-bond donors (Lipinski definition) is 4. The van der Waals surface area contributed by atoms with Gasteiger partial charge in [-0.3, -0.25) is 0 Å². The summed E-state index contributed by atoms with van der Waals surface area (Å²) in [5, 5.41) is 16.1. The SMILES string of the molecule is S=C(Nc1ccc(Cl)c(Cl)c1)N[C@H]1CCCC[C@H]1NC(=S)Nc1ccc(Cl)c(Cl)c1. The Labute approximate surface area is 207 Å². The average molecular weight is 522 g/mol. The summed E-state index contributed by atoms with van der Waals surface area (Å²) in [5.74, 6) is 0. The van der Waals surface area contributed by atoms with E-state index in [1.807, 2.05) is 12.1 Å². The van der Waals surface area contributed by atoms with Crippen LogP contribution in [0.1, 0.15) is 25.7 Å². The third-order valence-corrected chi connectivity index (χ3v) is 6.67. The van der Waals surface area contributed by atoms with Crippen LogP contribution in [0, 0.1) is 0 Å². The van der Waals surface area contributed by atoms with Gasteiger partial charge in [0.25, 0.3) is 0 Å². The fraction of sp³-hybridized carbons (Fsp3) is 0.300. The molecule has 10 heteroatoms. The largest absolute Gasteiger partial charge is 0.358 e. The standard InChI is InChI=1S/C20H20Cl4N4S2/c21-13-7-5-11(9-15(13)23)25-19(29)27-17-3-1-2-4-18(17)28-20(30)26-12-6-8-14(22)16(24)10-12/h5-10,17-18H,1-4H2,(H2,25,27,29)(H2,26,28,30)/t17-,18+. The molecule has 0 saturated heterocycles. The lowest BCUT2D eigenvalue weighted by atomic mass is 9.90. The van der Waals surface area contributed by atoms with Crippen molar-refractivity contribution in [1.29, 1.82) is 0 Å². The summed E-state index contributed by atoms with van der Waals surface area (Å²) in [7, 11) is 0. The normalized spacial score (nSPS) is 18.4. The minimum absolute atomic E-state index is 0.134. The van der Waals surface area contributed by atoms with Crippen molar-refractivity contribution in [1.82, 2.24) is 10.6 Å². The highest BCUT2D eigenvalue weighted by Crippen LogP contribution is 2.26. The van der Waals surface area contributed by atoms with Crippen LogP contribution in [-0.4, -0.2) is 22.3 Å². The molecule has 0 aliphatic heterocycles. The first-order valence-electron chi connectivity index (χ1n) is 9.37. The molecule has 2 atom stereocenters. The molecule has 0 bridgehead atoms. The van der Waals surface area contributed by atoms with Gasteiger partial charge in [-0.15, -0.1) is 0 Å². The van der Waals surface area contributed by atoms with E-state index < -0.39 is 0 Å². The van der Waals surface area contributed by atoms with Gasteiger partial charge in [-0.2, -0.15) is 0 Å². The molecule has 1 saturated carbocycles. The van der Waals surface area contributed by atoms with Crippen molar-refractivity contribution in [2.75, 3.05) is 10.6 Å². The van der Waals surface area contributed by atoms with Crippen LogP contribution in [0.3, 0.4) is 0 Å². The van der Waals surface area contributed by atoms with E-state index in [1.54, 1.807) is 24.3 Å². The van der Waals surface area contributed by atoms with E-state index in [9.17, 15) is 0 Å². The number of hydrogen-bond acceptors (Lipinski definition) is 2. The van der Waals surface area contributed by atoms with Gasteiger partial charge in [0.2, 0.25) is 0 Å². The Balaban J connectivity index is 1.57. The molecule has 30 heavy (non-hydrogen) atoms. The van der Waals surface area contributed by atoms with Gasteiger partial charge in [0.05, 0.1) is 20.1 Å². The Morgan fingerprint density at radius 2 is 1.07 bits per heavy atom. The number of anilines is 2. The van der Waals surface area contributed by atoms with Gasteiger partial charge >= 0.3 is 0 Å².